The molecule has 1 atom stereocenters. The van der Waals surface area contributed by atoms with E-state index in [4.69, 9.17) is 22.1 Å². The quantitative estimate of drug-likeness (QED) is 0.484. The molecular formula is C18H17ClN2O4. The Hall–Kier alpha value is -2.86. The highest BCUT2D eigenvalue weighted by atomic mass is 35.5. The van der Waals surface area contributed by atoms with Crippen molar-refractivity contribution >= 4 is 40.6 Å². The van der Waals surface area contributed by atoms with Gasteiger partial charge >= 0.3 is 5.97 Å². The molecule has 0 heterocycles. The van der Waals surface area contributed by atoms with Gasteiger partial charge < -0.3 is 15.8 Å². The van der Waals surface area contributed by atoms with Crippen LogP contribution in [0.5, 0.6) is 0 Å². The zero-order chi connectivity index (χ0) is 18.6. The van der Waals surface area contributed by atoms with Crippen molar-refractivity contribution in [3.8, 4) is 0 Å². The van der Waals surface area contributed by atoms with Crippen molar-refractivity contribution < 1.29 is 19.1 Å². The zero-order valence-electron chi connectivity index (χ0n) is 13.7. The molecular weight excluding hydrogens is 344 g/mol. The molecule has 0 unspecified atom stereocenters. The Balaban J connectivity index is 1.99. The Bertz CT molecular complexity index is 818. The molecule has 7 heteroatoms. The van der Waals surface area contributed by atoms with Crippen LogP contribution < -0.4 is 11.1 Å². The molecule has 2 aromatic rings. The van der Waals surface area contributed by atoms with E-state index in [1.807, 2.05) is 0 Å². The van der Waals surface area contributed by atoms with E-state index >= 15 is 0 Å². The van der Waals surface area contributed by atoms with Crippen molar-refractivity contribution in [3.63, 3.8) is 0 Å². The fourth-order valence-corrected chi connectivity index (χ4v) is 2.21. The van der Waals surface area contributed by atoms with E-state index in [-0.39, 0.29) is 17.0 Å². The molecule has 2 rings (SSSR count). The topological polar surface area (TPSA) is 98.5 Å². The lowest BCUT2D eigenvalue weighted by atomic mass is 10.1. The minimum absolute atomic E-state index is 0.0688. The number of carbonyl (C=O) groups excluding carboxylic acids is 3. The lowest BCUT2D eigenvalue weighted by Gasteiger charge is -2.14. The largest absolute Gasteiger partial charge is 0.449 e. The summed E-state index contributed by atoms with van der Waals surface area (Å²) in [7, 11) is 0. The highest BCUT2D eigenvalue weighted by molar-refractivity contribution is 6.31. The van der Waals surface area contributed by atoms with Gasteiger partial charge in [0.2, 0.25) is 0 Å². The van der Waals surface area contributed by atoms with Crippen LogP contribution in [-0.4, -0.2) is 23.8 Å². The van der Waals surface area contributed by atoms with Gasteiger partial charge in [0.1, 0.15) is 0 Å². The maximum Gasteiger partial charge on any atom is 0.341 e. The third-order valence-corrected chi connectivity index (χ3v) is 3.68. The van der Waals surface area contributed by atoms with E-state index < -0.39 is 18.0 Å². The Labute approximate surface area is 149 Å². The van der Waals surface area contributed by atoms with Crippen LogP contribution in [0.3, 0.4) is 0 Å². The summed E-state index contributed by atoms with van der Waals surface area (Å²) in [6.07, 6.45) is -1.03. The van der Waals surface area contributed by atoms with Crippen molar-refractivity contribution in [2.45, 2.75) is 20.0 Å². The number of hydrogen-bond donors (Lipinski definition) is 2. The number of esters is 1. The second-order valence-electron chi connectivity index (χ2n) is 5.40. The number of Topliss-reactive ketones (excluding diaryl/α,β-unsaturated/α-hetero) is 1. The number of halogens is 1. The molecule has 0 saturated carbocycles. The van der Waals surface area contributed by atoms with E-state index in [2.05, 4.69) is 5.32 Å². The monoisotopic (exact) mass is 360 g/mol. The minimum atomic E-state index is -1.03. The van der Waals surface area contributed by atoms with Gasteiger partial charge in [0.05, 0.1) is 5.56 Å². The Kier molecular flexibility index (Phi) is 5.77. The van der Waals surface area contributed by atoms with Gasteiger partial charge in [-0.1, -0.05) is 11.6 Å². The summed E-state index contributed by atoms with van der Waals surface area (Å²) in [4.78, 5) is 35.5. The molecule has 0 saturated heterocycles. The number of anilines is 2. The van der Waals surface area contributed by atoms with E-state index in [0.717, 1.165) is 0 Å². The number of amides is 1. The molecule has 2 aromatic carbocycles. The number of carbonyl (C=O) groups is 3. The summed E-state index contributed by atoms with van der Waals surface area (Å²) in [6, 6.07) is 10.8. The van der Waals surface area contributed by atoms with Crippen LogP contribution >= 0.6 is 11.6 Å². The minimum Gasteiger partial charge on any atom is -0.449 e. The predicted octanol–water partition coefficient (Wildman–Crippen LogP) is 3.31. The molecule has 0 aliphatic carbocycles. The number of ketones is 1. The first-order chi connectivity index (χ1) is 11.8. The average molecular weight is 361 g/mol. The lowest BCUT2D eigenvalue weighted by molar-refractivity contribution is -0.123. The van der Waals surface area contributed by atoms with Crippen molar-refractivity contribution in [1.29, 1.82) is 0 Å². The maximum atomic E-state index is 12.1. The highest BCUT2D eigenvalue weighted by Gasteiger charge is 2.20. The van der Waals surface area contributed by atoms with Gasteiger partial charge in [-0.25, -0.2) is 4.79 Å². The summed E-state index contributed by atoms with van der Waals surface area (Å²) in [5, 5.41) is 3.01. The van der Waals surface area contributed by atoms with Gasteiger partial charge in [-0.2, -0.15) is 0 Å². The summed E-state index contributed by atoms with van der Waals surface area (Å²) < 4.78 is 5.12. The Morgan fingerprint density at radius 3 is 2.32 bits per heavy atom. The normalized spacial score (nSPS) is 11.5. The molecule has 0 aliphatic rings. The molecule has 130 valence electrons. The molecule has 0 radical (unpaired) electrons. The third-order valence-electron chi connectivity index (χ3n) is 3.45. The maximum absolute atomic E-state index is 12.1. The van der Waals surface area contributed by atoms with Gasteiger partial charge in [-0.3, -0.25) is 9.59 Å². The van der Waals surface area contributed by atoms with E-state index in [9.17, 15) is 14.4 Å². The Morgan fingerprint density at radius 1 is 1.12 bits per heavy atom. The molecule has 0 spiro atoms. The highest BCUT2D eigenvalue weighted by Crippen LogP contribution is 2.19. The van der Waals surface area contributed by atoms with Crippen LogP contribution in [0.2, 0.25) is 5.02 Å². The van der Waals surface area contributed by atoms with Crippen molar-refractivity contribution in [1.82, 2.24) is 0 Å². The van der Waals surface area contributed by atoms with E-state index in [1.165, 1.54) is 32.0 Å². The zero-order valence-corrected chi connectivity index (χ0v) is 14.5. The van der Waals surface area contributed by atoms with Crippen LogP contribution in [0.25, 0.3) is 0 Å². The van der Waals surface area contributed by atoms with Gasteiger partial charge in [0.25, 0.3) is 5.91 Å². The molecule has 6 nitrogen and oxygen atoms in total. The summed E-state index contributed by atoms with van der Waals surface area (Å²) in [6.45, 7) is 2.90. The Morgan fingerprint density at radius 2 is 1.76 bits per heavy atom. The van der Waals surface area contributed by atoms with Crippen LogP contribution in [0, 0.1) is 0 Å². The molecule has 25 heavy (non-hydrogen) atoms. The summed E-state index contributed by atoms with van der Waals surface area (Å²) >= 11 is 5.78. The number of ether oxygens (including phenoxy) is 1. The van der Waals surface area contributed by atoms with Crippen LogP contribution in [0.1, 0.15) is 34.6 Å². The van der Waals surface area contributed by atoms with Gasteiger partial charge in [0, 0.05) is 22.0 Å². The molecule has 0 aromatic heterocycles. The number of rotatable bonds is 5. The fraction of sp³-hybridized carbons (Fsp3) is 0.167. The SMILES string of the molecule is CC(=O)c1ccc(NC(=O)[C@@H](C)OC(=O)c2ccc(Cl)cc2N)cc1. The van der Waals surface area contributed by atoms with Crippen LogP contribution in [-0.2, 0) is 9.53 Å². The standard InChI is InChI=1S/C18H17ClN2O4/c1-10(22)12-3-6-14(7-4-12)21-17(23)11(2)25-18(24)15-8-5-13(19)9-16(15)20/h3-9,11H,20H2,1-2H3,(H,21,23)/t11-/m1/s1. The van der Waals surface area contributed by atoms with E-state index in [1.54, 1.807) is 24.3 Å². The first kappa shape index (κ1) is 18.5. The number of nitrogens with two attached hydrogens (primary N) is 1. The third kappa shape index (κ3) is 4.81. The molecule has 0 aliphatic heterocycles. The van der Waals surface area contributed by atoms with Crippen molar-refractivity contribution in [2.75, 3.05) is 11.1 Å². The van der Waals surface area contributed by atoms with Crippen LogP contribution in [0.15, 0.2) is 42.5 Å². The van der Waals surface area contributed by atoms with Crippen LogP contribution in [0.4, 0.5) is 11.4 Å². The summed E-state index contributed by atoms with van der Waals surface area (Å²) in [5.74, 6) is -1.29. The number of benzene rings is 2. The van der Waals surface area contributed by atoms with E-state index in [0.29, 0.717) is 16.3 Å². The second-order valence-corrected chi connectivity index (χ2v) is 5.84. The van der Waals surface area contributed by atoms with Gasteiger partial charge in [-0.05, 0) is 56.3 Å². The average Bonchev–Trinajstić information content (AvgIpc) is 2.55. The molecule has 3 N–H and O–H groups in total. The first-order valence-corrected chi connectivity index (χ1v) is 7.83. The predicted molar refractivity (Wildman–Crippen MR) is 95.8 cm³/mol. The van der Waals surface area contributed by atoms with Crippen molar-refractivity contribution in [3.05, 3.63) is 58.6 Å². The summed E-state index contributed by atoms with van der Waals surface area (Å²) in [5.41, 5.74) is 7.06. The number of nitrogens with one attached hydrogen (secondary N) is 1. The molecule has 0 fully saturated rings. The molecule has 1 amide bonds. The van der Waals surface area contributed by atoms with Gasteiger partial charge in [-0.15, -0.1) is 0 Å². The second kappa shape index (κ2) is 7.81. The number of hydrogen-bond acceptors (Lipinski definition) is 5. The number of nitrogen functional groups attached to an aromatic ring is 1. The van der Waals surface area contributed by atoms with Gasteiger partial charge in [0.15, 0.2) is 11.9 Å². The van der Waals surface area contributed by atoms with Crippen molar-refractivity contribution in [2.24, 2.45) is 0 Å². The smallest absolute Gasteiger partial charge is 0.341 e. The molecule has 0 bridgehead atoms. The first-order valence-electron chi connectivity index (χ1n) is 7.46. The fourth-order valence-electron chi connectivity index (χ4n) is 2.03. The lowest BCUT2D eigenvalue weighted by Crippen LogP contribution is -2.30.